The van der Waals surface area contributed by atoms with Crippen LogP contribution in [-0.4, -0.2) is 23.9 Å². The molecule has 1 atom stereocenters. The Morgan fingerprint density at radius 1 is 1.27 bits per heavy atom. The van der Waals surface area contributed by atoms with Gasteiger partial charge in [-0.05, 0) is 50.0 Å². The van der Waals surface area contributed by atoms with Crippen molar-refractivity contribution in [3.63, 3.8) is 0 Å². The zero-order chi connectivity index (χ0) is 15.9. The normalized spacial score (nSPS) is 15.5. The monoisotopic (exact) mass is 300 g/mol. The molecule has 0 heterocycles. The van der Waals surface area contributed by atoms with Gasteiger partial charge in [0, 0.05) is 23.7 Å². The van der Waals surface area contributed by atoms with Crippen molar-refractivity contribution >= 4 is 17.9 Å². The van der Waals surface area contributed by atoms with Crippen molar-refractivity contribution < 1.29 is 9.59 Å². The number of amides is 2. The first kappa shape index (κ1) is 16.3. The molecule has 22 heavy (non-hydrogen) atoms. The van der Waals surface area contributed by atoms with E-state index in [1.807, 2.05) is 19.1 Å². The van der Waals surface area contributed by atoms with Crippen molar-refractivity contribution in [2.45, 2.75) is 51.6 Å². The largest absolute Gasteiger partial charge is 0.350 e. The van der Waals surface area contributed by atoms with Crippen molar-refractivity contribution in [3.05, 3.63) is 41.5 Å². The summed E-state index contributed by atoms with van der Waals surface area (Å²) in [5.74, 6) is -0.110. The van der Waals surface area contributed by atoms with E-state index in [1.54, 1.807) is 18.2 Å². The Labute approximate surface area is 132 Å². The molecule has 0 aromatic heterocycles. The summed E-state index contributed by atoms with van der Waals surface area (Å²) in [6.45, 7) is 4.10. The molecule has 1 fully saturated rings. The molecule has 118 valence electrons. The van der Waals surface area contributed by atoms with Gasteiger partial charge in [0.25, 0.3) is 5.91 Å². The molecule has 4 nitrogen and oxygen atoms in total. The van der Waals surface area contributed by atoms with Gasteiger partial charge in [-0.2, -0.15) is 0 Å². The van der Waals surface area contributed by atoms with E-state index in [0.29, 0.717) is 11.6 Å². The first-order valence-electron chi connectivity index (χ1n) is 7.98. The van der Waals surface area contributed by atoms with Gasteiger partial charge < -0.3 is 10.6 Å². The first-order valence-corrected chi connectivity index (χ1v) is 7.98. The number of rotatable bonds is 7. The lowest BCUT2D eigenvalue weighted by atomic mass is 10.1. The molecule has 1 aromatic rings. The highest BCUT2D eigenvalue weighted by atomic mass is 16.2. The highest BCUT2D eigenvalue weighted by molar-refractivity contribution is 5.95. The van der Waals surface area contributed by atoms with E-state index in [9.17, 15) is 9.59 Å². The van der Waals surface area contributed by atoms with Crippen LogP contribution in [0.1, 0.15) is 55.5 Å². The van der Waals surface area contributed by atoms with Gasteiger partial charge in [0.1, 0.15) is 0 Å². The maximum atomic E-state index is 11.9. The van der Waals surface area contributed by atoms with E-state index < -0.39 is 0 Å². The lowest BCUT2D eigenvalue weighted by Gasteiger charge is -2.10. The molecule has 0 aliphatic heterocycles. The molecule has 0 saturated heterocycles. The van der Waals surface area contributed by atoms with E-state index in [2.05, 4.69) is 17.6 Å². The Morgan fingerprint density at radius 3 is 2.55 bits per heavy atom. The van der Waals surface area contributed by atoms with Crippen LogP contribution in [-0.2, 0) is 4.79 Å². The third kappa shape index (κ3) is 5.35. The lowest BCUT2D eigenvalue weighted by molar-refractivity contribution is -0.117. The van der Waals surface area contributed by atoms with Crippen LogP contribution in [0.15, 0.2) is 30.3 Å². The number of nitrogens with one attached hydrogen (secondary N) is 2. The molecule has 2 N–H and O–H groups in total. The molecule has 1 aromatic carbocycles. The summed E-state index contributed by atoms with van der Waals surface area (Å²) < 4.78 is 0. The minimum Gasteiger partial charge on any atom is -0.350 e. The zero-order valence-corrected chi connectivity index (χ0v) is 13.3. The minimum absolute atomic E-state index is 0.0239. The van der Waals surface area contributed by atoms with Gasteiger partial charge in [0.15, 0.2) is 0 Å². The molecule has 2 rings (SSSR count). The van der Waals surface area contributed by atoms with Gasteiger partial charge in [0.05, 0.1) is 0 Å². The Morgan fingerprint density at radius 2 is 1.95 bits per heavy atom. The van der Waals surface area contributed by atoms with Crippen LogP contribution in [0, 0.1) is 0 Å². The number of benzene rings is 1. The highest BCUT2D eigenvalue weighted by Gasteiger charge is 2.23. The maximum Gasteiger partial charge on any atom is 0.251 e. The van der Waals surface area contributed by atoms with Gasteiger partial charge in [-0.25, -0.2) is 0 Å². The highest BCUT2D eigenvalue weighted by Crippen LogP contribution is 2.19. The summed E-state index contributed by atoms with van der Waals surface area (Å²) >= 11 is 0. The first-order chi connectivity index (χ1) is 10.6. The molecule has 0 spiro atoms. The average Bonchev–Trinajstić information content (AvgIpc) is 3.30. The summed E-state index contributed by atoms with van der Waals surface area (Å²) in [6.07, 6.45) is 7.48. The number of carbonyl (C=O) groups is 2. The van der Waals surface area contributed by atoms with Crippen LogP contribution in [0.3, 0.4) is 0 Å². The van der Waals surface area contributed by atoms with E-state index in [1.165, 1.54) is 6.08 Å². The second-order valence-electron chi connectivity index (χ2n) is 5.90. The van der Waals surface area contributed by atoms with Crippen molar-refractivity contribution in [3.8, 4) is 0 Å². The summed E-state index contributed by atoms with van der Waals surface area (Å²) in [6, 6.07) is 7.82. The van der Waals surface area contributed by atoms with Gasteiger partial charge >= 0.3 is 0 Å². The standard InChI is InChI=1S/C18H24N2O2/c1-3-4-13(2)19-17(21)12-7-14-5-8-15(9-6-14)18(22)20-16-10-11-16/h5-9,12-13,16H,3-4,10-11H2,1-2H3,(H,19,21)(H,20,22)/b12-7+. The lowest BCUT2D eigenvalue weighted by Crippen LogP contribution is -2.30. The molecule has 2 amide bonds. The topological polar surface area (TPSA) is 58.2 Å². The van der Waals surface area contributed by atoms with Crippen LogP contribution in [0.2, 0.25) is 0 Å². The van der Waals surface area contributed by atoms with Crippen LogP contribution in [0.4, 0.5) is 0 Å². The predicted octanol–water partition coefficient (Wildman–Crippen LogP) is 2.90. The third-order valence-corrected chi connectivity index (χ3v) is 3.62. The Kier molecular flexibility index (Phi) is 5.75. The van der Waals surface area contributed by atoms with Crippen molar-refractivity contribution in [1.82, 2.24) is 10.6 Å². The summed E-state index contributed by atoms with van der Waals surface area (Å²) in [5.41, 5.74) is 1.56. The molecular formula is C18H24N2O2. The van der Waals surface area contributed by atoms with Gasteiger partial charge in [0.2, 0.25) is 5.91 Å². The summed E-state index contributed by atoms with van der Waals surface area (Å²) in [5, 5.41) is 5.87. The minimum atomic E-state index is -0.0866. The maximum absolute atomic E-state index is 11.9. The Balaban J connectivity index is 1.85. The van der Waals surface area contributed by atoms with E-state index in [-0.39, 0.29) is 17.9 Å². The van der Waals surface area contributed by atoms with Crippen LogP contribution < -0.4 is 10.6 Å². The Bertz CT molecular complexity index is 545. The van der Waals surface area contributed by atoms with E-state index >= 15 is 0 Å². The number of carbonyl (C=O) groups excluding carboxylic acids is 2. The quantitative estimate of drug-likeness (QED) is 0.761. The molecule has 1 unspecified atom stereocenters. The van der Waals surface area contributed by atoms with Gasteiger partial charge in [-0.15, -0.1) is 0 Å². The van der Waals surface area contributed by atoms with Gasteiger partial charge in [-0.1, -0.05) is 25.5 Å². The second-order valence-corrected chi connectivity index (χ2v) is 5.90. The molecule has 1 aliphatic carbocycles. The van der Waals surface area contributed by atoms with Crippen LogP contribution in [0.5, 0.6) is 0 Å². The van der Waals surface area contributed by atoms with Crippen LogP contribution in [0.25, 0.3) is 6.08 Å². The fraction of sp³-hybridized carbons (Fsp3) is 0.444. The predicted molar refractivity (Wildman–Crippen MR) is 88.5 cm³/mol. The fourth-order valence-corrected chi connectivity index (χ4v) is 2.21. The Hall–Kier alpha value is -2.10. The molecule has 1 saturated carbocycles. The second kappa shape index (κ2) is 7.78. The van der Waals surface area contributed by atoms with E-state index in [4.69, 9.17) is 0 Å². The van der Waals surface area contributed by atoms with Crippen molar-refractivity contribution in [2.24, 2.45) is 0 Å². The molecule has 0 bridgehead atoms. The molecule has 4 heteroatoms. The summed E-state index contributed by atoms with van der Waals surface area (Å²) in [7, 11) is 0. The molecular weight excluding hydrogens is 276 g/mol. The average molecular weight is 300 g/mol. The zero-order valence-electron chi connectivity index (χ0n) is 13.3. The SMILES string of the molecule is CCCC(C)NC(=O)/C=C/c1ccc(C(=O)NC2CC2)cc1. The number of hydrogen-bond donors (Lipinski definition) is 2. The molecule has 0 radical (unpaired) electrons. The summed E-state index contributed by atoms with van der Waals surface area (Å²) in [4.78, 5) is 23.6. The third-order valence-electron chi connectivity index (χ3n) is 3.62. The smallest absolute Gasteiger partial charge is 0.251 e. The van der Waals surface area contributed by atoms with Crippen molar-refractivity contribution in [1.29, 1.82) is 0 Å². The number of hydrogen-bond acceptors (Lipinski definition) is 2. The van der Waals surface area contributed by atoms with Crippen LogP contribution >= 0.6 is 0 Å². The van der Waals surface area contributed by atoms with Gasteiger partial charge in [-0.3, -0.25) is 9.59 Å². The van der Waals surface area contributed by atoms with E-state index in [0.717, 1.165) is 31.2 Å². The van der Waals surface area contributed by atoms with Crippen molar-refractivity contribution in [2.75, 3.05) is 0 Å². The molecule has 1 aliphatic rings. The fourth-order valence-electron chi connectivity index (χ4n) is 2.21.